The van der Waals surface area contributed by atoms with Crippen molar-refractivity contribution in [3.63, 3.8) is 0 Å². The van der Waals surface area contributed by atoms with Crippen molar-refractivity contribution in [2.75, 3.05) is 46.0 Å². The lowest BCUT2D eigenvalue weighted by atomic mass is 9.84. The van der Waals surface area contributed by atoms with E-state index in [1.165, 1.54) is 12.1 Å². The van der Waals surface area contributed by atoms with Crippen LogP contribution in [-0.2, 0) is 4.74 Å². The Labute approximate surface area is 159 Å². The van der Waals surface area contributed by atoms with E-state index < -0.39 is 11.7 Å². The van der Waals surface area contributed by atoms with E-state index in [0.29, 0.717) is 51.8 Å². The summed E-state index contributed by atoms with van der Waals surface area (Å²) in [7, 11) is 0. The summed E-state index contributed by atoms with van der Waals surface area (Å²) in [5.74, 6) is -0.338. The zero-order chi connectivity index (χ0) is 19.5. The fraction of sp³-hybridized carbons (Fsp3) is 0.579. The van der Waals surface area contributed by atoms with E-state index in [1.807, 2.05) is 6.92 Å². The number of rotatable bonds is 9. The minimum absolute atomic E-state index is 0.0326. The Morgan fingerprint density at radius 3 is 2.74 bits per heavy atom. The van der Waals surface area contributed by atoms with Crippen molar-refractivity contribution in [3.05, 3.63) is 35.6 Å². The van der Waals surface area contributed by atoms with Crippen LogP contribution < -0.4 is 16.0 Å². The molecule has 1 unspecified atom stereocenters. The number of amides is 1. The average Bonchev–Trinajstić information content (AvgIpc) is 3.12. The number of guanidine groups is 1. The summed E-state index contributed by atoms with van der Waals surface area (Å²) in [6, 6.07) is 5.89. The molecule has 1 aliphatic rings. The molecule has 0 saturated carbocycles. The topological polar surface area (TPSA) is 95.0 Å². The molecule has 0 radical (unpaired) electrons. The Morgan fingerprint density at radius 1 is 1.30 bits per heavy atom. The molecule has 2 rings (SSSR count). The summed E-state index contributed by atoms with van der Waals surface area (Å²) in [4.78, 5) is 16.6. The molecule has 150 valence electrons. The highest BCUT2D eigenvalue weighted by molar-refractivity contribution is 5.94. The number of halogens is 1. The Kier molecular flexibility index (Phi) is 8.47. The van der Waals surface area contributed by atoms with Crippen molar-refractivity contribution >= 4 is 11.9 Å². The summed E-state index contributed by atoms with van der Waals surface area (Å²) < 4.78 is 19.1. The van der Waals surface area contributed by atoms with Gasteiger partial charge in [-0.3, -0.25) is 9.79 Å². The van der Waals surface area contributed by atoms with Gasteiger partial charge in [-0.25, -0.2) is 4.39 Å². The third kappa shape index (κ3) is 6.48. The molecule has 1 aromatic rings. The number of carbonyl (C=O) groups is 1. The van der Waals surface area contributed by atoms with Gasteiger partial charge in [0.25, 0.3) is 5.91 Å². The first-order chi connectivity index (χ1) is 13.1. The van der Waals surface area contributed by atoms with E-state index in [0.717, 1.165) is 6.42 Å². The maximum atomic E-state index is 13.6. The smallest absolute Gasteiger partial charge is 0.254 e. The van der Waals surface area contributed by atoms with Gasteiger partial charge in [0.1, 0.15) is 5.82 Å². The molecule has 1 heterocycles. The highest BCUT2D eigenvalue weighted by atomic mass is 19.1. The van der Waals surface area contributed by atoms with Crippen molar-refractivity contribution < 1.29 is 19.0 Å². The highest BCUT2D eigenvalue weighted by Crippen LogP contribution is 2.32. The van der Waals surface area contributed by atoms with Crippen LogP contribution in [0.25, 0.3) is 0 Å². The number of aliphatic imine (C=N–C) groups is 1. The van der Waals surface area contributed by atoms with Crippen LogP contribution in [0.2, 0.25) is 0 Å². The van der Waals surface area contributed by atoms with Gasteiger partial charge >= 0.3 is 0 Å². The molecular formula is C19H29FN4O3. The SMILES string of the molecule is CCNC(=NCC1(CCO)CCOC1)NCCNC(=O)c1ccccc1F. The minimum atomic E-state index is -0.536. The fourth-order valence-electron chi connectivity index (χ4n) is 2.97. The molecule has 1 amide bonds. The lowest BCUT2D eigenvalue weighted by Gasteiger charge is -2.24. The highest BCUT2D eigenvalue weighted by Gasteiger charge is 2.34. The second-order valence-corrected chi connectivity index (χ2v) is 6.63. The van der Waals surface area contributed by atoms with E-state index >= 15 is 0 Å². The maximum Gasteiger partial charge on any atom is 0.254 e. The minimum Gasteiger partial charge on any atom is -0.396 e. The standard InChI is InChI=1S/C19H29FN4O3/c1-2-21-18(24-13-19(7-11-25)8-12-27-14-19)23-10-9-22-17(26)15-5-3-4-6-16(15)20/h3-6,25H,2,7-14H2,1H3,(H,22,26)(H2,21,23,24). The average molecular weight is 380 g/mol. The van der Waals surface area contributed by atoms with Crippen LogP contribution in [0.4, 0.5) is 4.39 Å². The zero-order valence-electron chi connectivity index (χ0n) is 15.8. The number of ether oxygens (including phenoxy) is 1. The molecule has 0 aromatic heterocycles. The summed E-state index contributed by atoms with van der Waals surface area (Å²) in [6.07, 6.45) is 1.55. The van der Waals surface area contributed by atoms with Gasteiger partial charge in [0, 0.05) is 38.3 Å². The second-order valence-electron chi connectivity index (χ2n) is 6.63. The maximum absolute atomic E-state index is 13.6. The van der Waals surface area contributed by atoms with Gasteiger partial charge in [-0.15, -0.1) is 0 Å². The van der Waals surface area contributed by atoms with Crippen molar-refractivity contribution in [3.8, 4) is 0 Å². The predicted octanol–water partition coefficient (Wildman–Crippen LogP) is 0.900. The Balaban J connectivity index is 1.81. The first kappa shape index (κ1) is 21.1. The Morgan fingerprint density at radius 2 is 2.07 bits per heavy atom. The predicted molar refractivity (Wildman–Crippen MR) is 102 cm³/mol. The molecule has 0 spiro atoms. The number of benzene rings is 1. The van der Waals surface area contributed by atoms with Crippen molar-refractivity contribution in [2.45, 2.75) is 19.8 Å². The molecule has 1 saturated heterocycles. The summed E-state index contributed by atoms with van der Waals surface area (Å²) >= 11 is 0. The molecule has 27 heavy (non-hydrogen) atoms. The van der Waals surface area contributed by atoms with Crippen LogP contribution in [0.3, 0.4) is 0 Å². The zero-order valence-corrected chi connectivity index (χ0v) is 15.8. The third-order valence-electron chi connectivity index (χ3n) is 4.57. The van der Waals surface area contributed by atoms with Crippen molar-refractivity contribution in [1.82, 2.24) is 16.0 Å². The first-order valence-corrected chi connectivity index (χ1v) is 9.34. The number of aliphatic hydroxyl groups excluding tert-OH is 1. The molecule has 7 nitrogen and oxygen atoms in total. The van der Waals surface area contributed by atoms with E-state index in [2.05, 4.69) is 20.9 Å². The van der Waals surface area contributed by atoms with Gasteiger partial charge in [-0.1, -0.05) is 12.1 Å². The quantitative estimate of drug-likeness (QED) is 0.290. The van der Waals surface area contributed by atoms with E-state index in [4.69, 9.17) is 4.74 Å². The van der Waals surface area contributed by atoms with Crippen molar-refractivity contribution in [1.29, 1.82) is 0 Å². The van der Waals surface area contributed by atoms with Crippen LogP contribution >= 0.6 is 0 Å². The molecule has 1 fully saturated rings. The number of hydrogen-bond acceptors (Lipinski definition) is 4. The molecule has 1 aliphatic heterocycles. The summed E-state index contributed by atoms with van der Waals surface area (Å²) in [5, 5.41) is 18.3. The molecule has 1 aromatic carbocycles. The summed E-state index contributed by atoms with van der Waals surface area (Å²) in [6.45, 7) is 5.44. The third-order valence-corrected chi connectivity index (χ3v) is 4.57. The van der Waals surface area contributed by atoms with Crippen LogP contribution in [-0.4, -0.2) is 63.0 Å². The number of nitrogens with one attached hydrogen (secondary N) is 3. The molecule has 4 N–H and O–H groups in total. The summed E-state index contributed by atoms with van der Waals surface area (Å²) in [5.41, 5.74) is -0.0823. The van der Waals surface area contributed by atoms with Gasteiger partial charge in [-0.05, 0) is 31.9 Å². The van der Waals surface area contributed by atoms with Crippen LogP contribution in [0.1, 0.15) is 30.1 Å². The Bertz CT molecular complexity index is 633. The van der Waals surface area contributed by atoms with Gasteiger partial charge in [0.15, 0.2) is 5.96 Å². The van der Waals surface area contributed by atoms with Crippen molar-refractivity contribution in [2.24, 2.45) is 10.4 Å². The lowest BCUT2D eigenvalue weighted by molar-refractivity contribution is 0.0950. The largest absolute Gasteiger partial charge is 0.396 e. The number of carbonyl (C=O) groups excluding carboxylic acids is 1. The molecular weight excluding hydrogens is 351 g/mol. The first-order valence-electron chi connectivity index (χ1n) is 9.34. The lowest BCUT2D eigenvalue weighted by Crippen LogP contribution is -2.42. The van der Waals surface area contributed by atoms with E-state index in [-0.39, 0.29) is 17.6 Å². The van der Waals surface area contributed by atoms with Gasteiger partial charge in [0.2, 0.25) is 0 Å². The van der Waals surface area contributed by atoms with Crippen LogP contribution in [0, 0.1) is 11.2 Å². The molecule has 0 bridgehead atoms. The Hall–Kier alpha value is -2.19. The van der Waals surface area contributed by atoms with Gasteiger partial charge < -0.3 is 25.8 Å². The molecule has 0 aliphatic carbocycles. The van der Waals surface area contributed by atoms with Crippen LogP contribution in [0.15, 0.2) is 29.3 Å². The van der Waals surface area contributed by atoms with E-state index in [9.17, 15) is 14.3 Å². The van der Waals surface area contributed by atoms with Crippen LogP contribution in [0.5, 0.6) is 0 Å². The van der Waals surface area contributed by atoms with E-state index in [1.54, 1.807) is 12.1 Å². The monoisotopic (exact) mass is 380 g/mol. The number of nitrogens with zero attached hydrogens (tertiary/aromatic N) is 1. The number of hydrogen-bond donors (Lipinski definition) is 4. The normalized spacial score (nSPS) is 19.7. The molecule has 1 atom stereocenters. The number of aliphatic hydroxyl groups is 1. The second kappa shape index (κ2) is 10.8. The fourth-order valence-corrected chi connectivity index (χ4v) is 2.97. The van der Waals surface area contributed by atoms with Gasteiger partial charge in [-0.2, -0.15) is 0 Å². The van der Waals surface area contributed by atoms with Gasteiger partial charge in [0.05, 0.1) is 18.7 Å². The molecule has 8 heteroatoms.